The lowest BCUT2D eigenvalue weighted by Crippen LogP contribution is -2.04. The second kappa shape index (κ2) is 5.54. The SMILES string of the molecule is CC[C@H](C)c1ccc(CC(=O)OC)cc1. The zero-order chi connectivity index (χ0) is 11.3. The van der Waals surface area contributed by atoms with Crippen LogP contribution in [-0.4, -0.2) is 13.1 Å². The predicted molar refractivity (Wildman–Crippen MR) is 60.9 cm³/mol. The molecule has 1 aromatic carbocycles. The summed E-state index contributed by atoms with van der Waals surface area (Å²) < 4.78 is 4.61. The molecule has 82 valence electrons. The Morgan fingerprint density at radius 1 is 1.33 bits per heavy atom. The van der Waals surface area contributed by atoms with E-state index in [1.165, 1.54) is 12.7 Å². The Hall–Kier alpha value is -1.31. The van der Waals surface area contributed by atoms with Crippen LogP contribution in [0, 0.1) is 0 Å². The van der Waals surface area contributed by atoms with Crippen molar-refractivity contribution < 1.29 is 9.53 Å². The highest BCUT2D eigenvalue weighted by Crippen LogP contribution is 2.18. The first-order valence-electron chi connectivity index (χ1n) is 5.33. The number of methoxy groups -OCH3 is 1. The zero-order valence-corrected chi connectivity index (χ0v) is 9.62. The van der Waals surface area contributed by atoms with Gasteiger partial charge >= 0.3 is 5.97 Å². The third-order valence-electron chi connectivity index (χ3n) is 2.74. The maximum Gasteiger partial charge on any atom is 0.309 e. The van der Waals surface area contributed by atoms with Gasteiger partial charge in [0.15, 0.2) is 0 Å². The average molecular weight is 206 g/mol. The number of carbonyl (C=O) groups is 1. The van der Waals surface area contributed by atoms with E-state index in [4.69, 9.17) is 0 Å². The lowest BCUT2D eigenvalue weighted by Gasteiger charge is -2.09. The van der Waals surface area contributed by atoms with Gasteiger partial charge in [0.1, 0.15) is 0 Å². The molecule has 0 saturated carbocycles. The number of benzene rings is 1. The van der Waals surface area contributed by atoms with Crippen LogP contribution in [0.2, 0.25) is 0 Å². The fraction of sp³-hybridized carbons (Fsp3) is 0.462. The van der Waals surface area contributed by atoms with Crippen LogP contribution in [0.15, 0.2) is 24.3 Å². The summed E-state index contributed by atoms with van der Waals surface area (Å²) in [7, 11) is 1.41. The molecule has 0 heterocycles. The van der Waals surface area contributed by atoms with Gasteiger partial charge in [-0.2, -0.15) is 0 Å². The Labute approximate surface area is 91.3 Å². The monoisotopic (exact) mass is 206 g/mol. The van der Waals surface area contributed by atoms with Crippen LogP contribution in [0.4, 0.5) is 0 Å². The van der Waals surface area contributed by atoms with E-state index in [9.17, 15) is 4.79 Å². The van der Waals surface area contributed by atoms with E-state index in [2.05, 4.69) is 30.7 Å². The molecular weight excluding hydrogens is 188 g/mol. The highest BCUT2D eigenvalue weighted by atomic mass is 16.5. The van der Waals surface area contributed by atoms with Crippen molar-refractivity contribution in [1.29, 1.82) is 0 Å². The van der Waals surface area contributed by atoms with Gasteiger partial charge in [-0.15, -0.1) is 0 Å². The zero-order valence-electron chi connectivity index (χ0n) is 9.62. The number of hydrogen-bond donors (Lipinski definition) is 0. The van der Waals surface area contributed by atoms with Gasteiger partial charge in [0, 0.05) is 0 Å². The summed E-state index contributed by atoms with van der Waals surface area (Å²) in [5, 5.41) is 0. The smallest absolute Gasteiger partial charge is 0.309 e. The molecule has 0 spiro atoms. The fourth-order valence-electron chi connectivity index (χ4n) is 1.44. The van der Waals surface area contributed by atoms with Crippen molar-refractivity contribution in [3.05, 3.63) is 35.4 Å². The summed E-state index contributed by atoms with van der Waals surface area (Å²) in [6, 6.07) is 8.18. The molecule has 0 radical (unpaired) electrons. The molecule has 0 unspecified atom stereocenters. The molecule has 0 saturated heterocycles. The van der Waals surface area contributed by atoms with Crippen molar-refractivity contribution in [3.8, 4) is 0 Å². The average Bonchev–Trinajstić information content (AvgIpc) is 2.29. The van der Waals surface area contributed by atoms with Gasteiger partial charge in [-0.1, -0.05) is 38.1 Å². The van der Waals surface area contributed by atoms with E-state index in [-0.39, 0.29) is 5.97 Å². The third kappa shape index (κ3) is 3.39. The largest absolute Gasteiger partial charge is 0.469 e. The Bertz CT molecular complexity index is 314. The normalized spacial score (nSPS) is 12.2. The molecule has 1 rings (SSSR count). The second-order valence-corrected chi connectivity index (χ2v) is 3.80. The van der Waals surface area contributed by atoms with E-state index in [0.717, 1.165) is 12.0 Å². The lowest BCUT2D eigenvalue weighted by atomic mass is 9.97. The van der Waals surface area contributed by atoms with Crippen molar-refractivity contribution in [3.63, 3.8) is 0 Å². The highest BCUT2D eigenvalue weighted by Gasteiger charge is 2.05. The molecule has 0 amide bonds. The second-order valence-electron chi connectivity index (χ2n) is 3.80. The maximum atomic E-state index is 11.0. The lowest BCUT2D eigenvalue weighted by molar-refractivity contribution is -0.139. The van der Waals surface area contributed by atoms with Crippen LogP contribution >= 0.6 is 0 Å². The summed E-state index contributed by atoms with van der Waals surface area (Å²) in [6.45, 7) is 4.38. The summed E-state index contributed by atoms with van der Waals surface area (Å²) in [5.41, 5.74) is 2.33. The van der Waals surface area contributed by atoms with Crippen molar-refractivity contribution in [2.75, 3.05) is 7.11 Å². The minimum absolute atomic E-state index is 0.189. The van der Waals surface area contributed by atoms with Gasteiger partial charge in [0.05, 0.1) is 13.5 Å². The number of rotatable bonds is 4. The minimum atomic E-state index is -0.189. The van der Waals surface area contributed by atoms with E-state index >= 15 is 0 Å². The molecule has 0 fully saturated rings. The summed E-state index contributed by atoms with van der Waals surface area (Å²) >= 11 is 0. The number of esters is 1. The molecule has 1 atom stereocenters. The molecular formula is C13H18O2. The first-order valence-corrected chi connectivity index (χ1v) is 5.33. The molecule has 0 aliphatic carbocycles. The van der Waals surface area contributed by atoms with Gasteiger partial charge in [-0.3, -0.25) is 4.79 Å². The van der Waals surface area contributed by atoms with Gasteiger partial charge in [-0.25, -0.2) is 0 Å². The molecule has 2 heteroatoms. The van der Waals surface area contributed by atoms with Crippen molar-refractivity contribution in [2.45, 2.75) is 32.6 Å². The quantitative estimate of drug-likeness (QED) is 0.708. The molecule has 2 nitrogen and oxygen atoms in total. The minimum Gasteiger partial charge on any atom is -0.469 e. The Kier molecular flexibility index (Phi) is 4.35. The van der Waals surface area contributed by atoms with Crippen LogP contribution in [0.25, 0.3) is 0 Å². The van der Waals surface area contributed by atoms with Gasteiger partial charge in [0.2, 0.25) is 0 Å². The van der Waals surface area contributed by atoms with Gasteiger partial charge in [0.25, 0.3) is 0 Å². The van der Waals surface area contributed by atoms with Crippen LogP contribution in [-0.2, 0) is 16.0 Å². The topological polar surface area (TPSA) is 26.3 Å². The third-order valence-corrected chi connectivity index (χ3v) is 2.74. The van der Waals surface area contributed by atoms with E-state index < -0.39 is 0 Å². The summed E-state index contributed by atoms with van der Waals surface area (Å²) in [6.07, 6.45) is 1.49. The molecule has 0 N–H and O–H groups in total. The first kappa shape index (κ1) is 11.8. The van der Waals surface area contributed by atoms with Crippen LogP contribution in [0.5, 0.6) is 0 Å². The van der Waals surface area contributed by atoms with E-state index in [1.54, 1.807) is 0 Å². The summed E-state index contributed by atoms with van der Waals surface area (Å²) in [4.78, 5) is 11.0. The standard InChI is InChI=1S/C13H18O2/c1-4-10(2)12-7-5-11(6-8-12)9-13(14)15-3/h5-8,10H,4,9H2,1-3H3/t10-/m0/s1. The molecule has 0 aliphatic heterocycles. The Balaban J connectivity index is 2.68. The molecule has 0 aliphatic rings. The van der Waals surface area contributed by atoms with Crippen molar-refractivity contribution in [1.82, 2.24) is 0 Å². The van der Waals surface area contributed by atoms with E-state index in [0.29, 0.717) is 12.3 Å². The van der Waals surface area contributed by atoms with E-state index in [1.807, 2.05) is 12.1 Å². The summed E-state index contributed by atoms with van der Waals surface area (Å²) in [5.74, 6) is 0.392. The van der Waals surface area contributed by atoms with Crippen LogP contribution in [0.1, 0.15) is 37.3 Å². The van der Waals surface area contributed by atoms with Crippen LogP contribution < -0.4 is 0 Å². The van der Waals surface area contributed by atoms with Crippen LogP contribution in [0.3, 0.4) is 0 Å². The highest BCUT2D eigenvalue weighted by molar-refractivity contribution is 5.72. The number of hydrogen-bond acceptors (Lipinski definition) is 2. The number of carbonyl (C=O) groups excluding carboxylic acids is 1. The molecule has 0 bridgehead atoms. The maximum absolute atomic E-state index is 11.0. The number of ether oxygens (including phenoxy) is 1. The first-order chi connectivity index (χ1) is 7.17. The predicted octanol–water partition coefficient (Wildman–Crippen LogP) is 2.92. The van der Waals surface area contributed by atoms with Gasteiger partial charge < -0.3 is 4.74 Å². The Morgan fingerprint density at radius 2 is 1.93 bits per heavy atom. The molecule has 1 aromatic rings. The molecule has 15 heavy (non-hydrogen) atoms. The van der Waals surface area contributed by atoms with Crippen molar-refractivity contribution >= 4 is 5.97 Å². The fourth-order valence-corrected chi connectivity index (χ4v) is 1.44. The molecule has 0 aromatic heterocycles. The Morgan fingerprint density at radius 3 is 2.40 bits per heavy atom. The van der Waals surface area contributed by atoms with Crippen molar-refractivity contribution in [2.24, 2.45) is 0 Å². The van der Waals surface area contributed by atoms with Gasteiger partial charge in [-0.05, 0) is 23.5 Å².